The first-order valence-electron chi connectivity index (χ1n) is 11.2. The second-order valence-electron chi connectivity index (χ2n) is 8.60. The minimum atomic E-state index is -0.377. The van der Waals surface area contributed by atoms with Crippen LogP contribution in [0.15, 0.2) is 71.5 Å². The van der Waals surface area contributed by atoms with Crippen molar-refractivity contribution in [1.29, 1.82) is 0 Å². The van der Waals surface area contributed by atoms with Crippen LogP contribution < -0.4 is 5.56 Å². The van der Waals surface area contributed by atoms with E-state index < -0.39 is 0 Å². The second kappa shape index (κ2) is 9.02. The molecule has 0 aliphatic rings. The van der Waals surface area contributed by atoms with Gasteiger partial charge in [-0.1, -0.05) is 42.8 Å². The summed E-state index contributed by atoms with van der Waals surface area (Å²) in [5, 5.41) is 0.557. The highest BCUT2D eigenvalue weighted by molar-refractivity contribution is 5.94. The van der Waals surface area contributed by atoms with Crippen molar-refractivity contribution in [3.8, 4) is 5.69 Å². The Morgan fingerprint density at radius 3 is 2.33 bits per heavy atom. The molecular formula is C28H29N3O2. The van der Waals surface area contributed by atoms with Crippen LogP contribution in [0.1, 0.15) is 52.3 Å². The molecule has 4 aromatic rings. The number of carbonyl (C=O) groups excluding carboxylic acids is 1. The van der Waals surface area contributed by atoms with Crippen molar-refractivity contribution in [2.75, 3.05) is 7.05 Å². The average molecular weight is 440 g/mol. The van der Waals surface area contributed by atoms with E-state index in [0.717, 1.165) is 22.4 Å². The van der Waals surface area contributed by atoms with Gasteiger partial charge in [-0.25, -0.2) is 4.98 Å². The first-order valence-corrected chi connectivity index (χ1v) is 11.2. The molecule has 3 aromatic carbocycles. The second-order valence-corrected chi connectivity index (χ2v) is 8.60. The van der Waals surface area contributed by atoms with Gasteiger partial charge in [-0.05, 0) is 74.7 Å². The molecule has 1 heterocycles. The van der Waals surface area contributed by atoms with Crippen LogP contribution in [0.2, 0.25) is 0 Å². The van der Waals surface area contributed by atoms with E-state index in [0.29, 0.717) is 28.7 Å². The van der Waals surface area contributed by atoms with Gasteiger partial charge >= 0.3 is 0 Å². The van der Waals surface area contributed by atoms with Crippen LogP contribution in [-0.4, -0.2) is 27.4 Å². The van der Waals surface area contributed by atoms with Crippen LogP contribution in [-0.2, 0) is 0 Å². The summed E-state index contributed by atoms with van der Waals surface area (Å²) in [6.45, 7) is 8.08. The molecule has 0 spiro atoms. The lowest BCUT2D eigenvalue weighted by Gasteiger charge is -2.29. The normalized spacial score (nSPS) is 12.0. The number of fused-ring (bicyclic) bond motifs is 1. The molecule has 0 N–H and O–H groups in total. The van der Waals surface area contributed by atoms with Crippen LogP contribution in [0, 0.1) is 20.8 Å². The highest BCUT2D eigenvalue weighted by Crippen LogP contribution is 2.27. The van der Waals surface area contributed by atoms with E-state index >= 15 is 0 Å². The van der Waals surface area contributed by atoms with Gasteiger partial charge in [0.05, 0.1) is 22.6 Å². The van der Waals surface area contributed by atoms with E-state index in [-0.39, 0.29) is 17.5 Å². The lowest BCUT2D eigenvalue weighted by atomic mass is 10.1. The fourth-order valence-corrected chi connectivity index (χ4v) is 4.16. The third-order valence-corrected chi connectivity index (χ3v) is 6.32. The summed E-state index contributed by atoms with van der Waals surface area (Å²) in [7, 11) is 1.78. The Morgan fingerprint density at radius 2 is 1.67 bits per heavy atom. The maximum Gasteiger partial charge on any atom is 0.266 e. The standard InChI is InChI=1S/C28H29N3O2/c1-6-25(30(5)27(32)21-14-11-18(2)12-15-21)26-29-24-10-8-7-9-23(24)28(33)31(26)22-16-13-19(3)20(4)17-22/h7-17,25H,6H2,1-5H3. The molecule has 0 saturated heterocycles. The van der Waals surface area contributed by atoms with Gasteiger partial charge in [-0.3, -0.25) is 14.2 Å². The summed E-state index contributed by atoms with van der Waals surface area (Å²) >= 11 is 0. The van der Waals surface area contributed by atoms with Crippen molar-refractivity contribution in [3.05, 3.63) is 105 Å². The van der Waals surface area contributed by atoms with Crippen LogP contribution in [0.4, 0.5) is 0 Å². The molecule has 168 valence electrons. The first-order chi connectivity index (χ1) is 15.8. The molecule has 1 atom stereocenters. The third-order valence-electron chi connectivity index (χ3n) is 6.32. The van der Waals surface area contributed by atoms with Crippen molar-refractivity contribution in [2.45, 2.75) is 40.2 Å². The van der Waals surface area contributed by atoms with Gasteiger partial charge in [-0.15, -0.1) is 0 Å². The molecule has 0 fully saturated rings. The Labute approximate surface area is 194 Å². The van der Waals surface area contributed by atoms with Crippen LogP contribution >= 0.6 is 0 Å². The summed E-state index contributed by atoms with van der Waals surface area (Å²) in [6, 6.07) is 20.5. The molecule has 0 bridgehead atoms. The first kappa shape index (κ1) is 22.5. The number of benzene rings is 3. The highest BCUT2D eigenvalue weighted by atomic mass is 16.2. The highest BCUT2D eigenvalue weighted by Gasteiger charge is 2.27. The van der Waals surface area contributed by atoms with Crippen molar-refractivity contribution in [3.63, 3.8) is 0 Å². The summed E-state index contributed by atoms with van der Waals surface area (Å²) in [5.41, 5.74) is 5.21. The molecule has 33 heavy (non-hydrogen) atoms. The SMILES string of the molecule is CCC(c1nc2ccccc2c(=O)n1-c1ccc(C)c(C)c1)N(C)C(=O)c1ccc(C)cc1. The number of nitrogens with zero attached hydrogens (tertiary/aromatic N) is 3. The van der Waals surface area contributed by atoms with Crippen molar-refractivity contribution >= 4 is 16.8 Å². The Bertz CT molecular complexity index is 1390. The summed E-state index contributed by atoms with van der Waals surface area (Å²) in [6.07, 6.45) is 0.615. The van der Waals surface area contributed by atoms with E-state index in [2.05, 4.69) is 0 Å². The number of amides is 1. The molecular weight excluding hydrogens is 410 g/mol. The predicted octanol–water partition coefficient (Wildman–Crippen LogP) is 5.53. The molecule has 1 unspecified atom stereocenters. The number of carbonyl (C=O) groups is 1. The maximum atomic E-state index is 13.7. The lowest BCUT2D eigenvalue weighted by Crippen LogP contribution is -2.36. The summed E-state index contributed by atoms with van der Waals surface area (Å²) in [5.74, 6) is 0.461. The van der Waals surface area contributed by atoms with Gasteiger partial charge in [0.15, 0.2) is 0 Å². The molecule has 5 nitrogen and oxygen atoms in total. The third kappa shape index (κ3) is 4.19. The largest absolute Gasteiger partial charge is 0.332 e. The van der Waals surface area contributed by atoms with E-state index in [4.69, 9.17) is 4.98 Å². The van der Waals surface area contributed by atoms with E-state index in [1.807, 2.05) is 88.4 Å². The number of aryl methyl sites for hydroxylation is 3. The van der Waals surface area contributed by atoms with Crippen LogP contribution in [0.3, 0.4) is 0 Å². The number of hydrogen-bond donors (Lipinski definition) is 0. The molecule has 5 heteroatoms. The fraction of sp³-hybridized carbons (Fsp3) is 0.250. The number of para-hydroxylation sites is 1. The van der Waals surface area contributed by atoms with Gasteiger partial charge in [0.1, 0.15) is 5.82 Å². The molecule has 0 saturated carbocycles. The number of aromatic nitrogens is 2. The van der Waals surface area contributed by atoms with Crippen molar-refractivity contribution < 1.29 is 4.79 Å². The van der Waals surface area contributed by atoms with Gasteiger partial charge in [0, 0.05) is 12.6 Å². The quantitative estimate of drug-likeness (QED) is 0.411. The van der Waals surface area contributed by atoms with E-state index in [1.165, 1.54) is 0 Å². The maximum absolute atomic E-state index is 13.7. The smallest absolute Gasteiger partial charge is 0.266 e. The van der Waals surface area contributed by atoms with Crippen LogP contribution in [0.25, 0.3) is 16.6 Å². The Balaban J connectivity index is 1.92. The van der Waals surface area contributed by atoms with Crippen molar-refractivity contribution in [2.24, 2.45) is 0 Å². The Hall–Kier alpha value is -3.73. The molecule has 1 amide bonds. The molecule has 0 aliphatic carbocycles. The van der Waals surface area contributed by atoms with E-state index in [1.54, 1.807) is 22.6 Å². The Morgan fingerprint density at radius 1 is 0.970 bits per heavy atom. The van der Waals surface area contributed by atoms with Gasteiger partial charge in [0.2, 0.25) is 0 Å². The number of hydrogen-bond acceptors (Lipinski definition) is 3. The zero-order valence-corrected chi connectivity index (χ0v) is 19.8. The molecule has 0 aliphatic heterocycles. The average Bonchev–Trinajstić information content (AvgIpc) is 2.82. The molecule has 4 rings (SSSR count). The topological polar surface area (TPSA) is 55.2 Å². The Kier molecular flexibility index (Phi) is 6.14. The van der Waals surface area contributed by atoms with Gasteiger partial charge in [-0.2, -0.15) is 0 Å². The lowest BCUT2D eigenvalue weighted by molar-refractivity contribution is 0.0717. The predicted molar refractivity (Wildman–Crippen MR) is 133 cm³/mol. The molecule has 0 radical (unpaired) electrons. The summed E-state index contributed by atoms with van der Waals surface area (Å²) < 4.78 is 1.67. The zero-order valence-electron chi connectivity index (χ0n) is 19.8. The van der Waals surface area contributed by atoms with Crippen LogP contribution in [0.5, 0.6) is 0 Å². The van der Waals surface area contributed by atoms with E-state index in [9.17, 15) is 9.59 Å². The van der Waals surface area contributed by atoms with Gasteiger partial charge in [0.25, 0.3) is 11.5 Å². The number of rotatable bonds is 5. The van der Waals surface area contributed by atoms with Gasteiger partial charge < -0.3 is 4.90 Å². The minimum Gasteiger partial charge on any atom is -0.332 e. The summed E-state index contributed by atoms with van der Waals surface area (Å²) in [4.78, 5) is 33.6. The monoisotopic (exact) mass is 439 g/mol. The van der Waals surface area contributed by atoms with Crippen molar-refractivity contribution in [1.82, 2.24) is 14.5 Å². The zero-order chi connectivity index (χ0) is 23.7. The fourth-order valence-electron chi connectivity index (χ4n) is 4.16. The molecule has 1 aromatic heterocycles. The minimum absolute atomic E-state index is 0.101.